The van der Waals surface area contributed by atoms with E-state index in [4.69, 9.17) is 29.7 Å². The molecule has 0 saturated carbocycles. The van der Waals surface area contributed by atoms with Gasteiger partial charge in [0, 0.05) is 36.7 Å². The molecule has 9 heteroatoms. The molecule has 3 aromatic carbocycles. The zero-order valence-corrected chi connectivity index (χ0v) is 22.2. The monoisotopic (exact) mass is 564 g/mol. The van der Waals surface area contributed by atoms with E-state index in [-0.39, 0.29) is 0 Å². The summed E-state index contributed by atoms with van der Waals surface area (Å²) in [5.74, 6) is 3.61. The van der Waals surface area contributed by atoms with Crippen LogP contribution in [0.3, 0.4) is 0 Å². The largest absolute Gasteiger partial charge is 0.493 e. The van der Waals surface area contributed by atoms with Gasteiger partial charge in [0.15, 0.2) is 17.3 Å². The summed E-state index contributed by atoms with van der Waals surface area (Å²) in [5, 5.41) is 0.724. The first kappa shape index (κ1) is 25.3. The molecule has 0 atom stereocenters. The molecule has 0 unspecified atom stereocenters. The van der Waals surface area contributed by atoms with Crippen LogP contribution in [0, 0.1) is 0 Å². The number of halogens is 1. The van der Waals surface area contributed by atoms with Gasteiger partial charge in [0.2, 0.25) is 0 Å². The van der Waals surface area contributed by atoms with Crippen molar-refractivity contribution < 1.29 is 18.9 Å². The number of aromatic nitrogens is 2. The number of hydrogen-bond donors (Lipinski definition) is 1. The zero-order valence-electron chi connectivity index (χ0n) is 20.7. The molecule has 1 aliphatic heterocycles. The van der Waals surface area contributed by atoms with E-state index in [0.29, 0.717) is 41.0 Å². The summed E-state index contributed by atoms with van der Waals surface area (Å²) in [6.45, 7) is 5.08. The van der Waals surface area contributed by atoms with Crippen molar-refractivity contribution >= 4 is 32.7 Å². The average Bonchev–Trinajstić information content (AvgIpc) is 2.93. The summed E-state index contributed by atoms with van der Waals surface area (Å²) >= 11 is 3.50. The lowest BCUT2D eigenvalue weighted by atomic mass is 10.1. The van der Waals surface area contributed by atoms with E-state index >= 15 is 0 Å². The second kappa shape index (κ2) is 11.8. The van der Waals surface area contributed by atoms with E-state index in [1.807, 2.05) is 60.7 Å². The number of para-hydroxylation sites is 1. The summed E-state index contributed by atoms with van der Waals surface area (Å²) in [7, 11) is 1.62. The number of rotatable bonds is 9. The van der Waals surface area contributed by atoms with Crippen LogP contribution >= 0.6 is 15.9 Å². The molecular formula is C28H29BrN4O4. The van der Waals surface area contributed by atoms with Crippen LogP contribution in [0.15, 0.2) is 65.1 Å². The van der Waals surface area contributed by atoms with Crippen LogP contribution in [0.5, 0.6) is 23.0 Å². The Hall–Kier alpha value is -3.40. The van der Waals surface area contributed by atoms with Crippen molar-refractivity contribution in [1.29, 1.82) is 0 Å². The number of anilines is 1. The number of nitrogen functional groups attached to an aromatic ring is 1. The number of fused-ring (bicyclic) bond motifs is 1. The van der Waals surface area contributed by atoms with Crippen molar-refractivity contribution in [2.24, 2.45) is 0 Å². The topological polar surface area (TPSA) is 92.0 Å². The third-order valence-corrected chi connectivity index (χ3v) is 6.82. The lowest BCUT2D eigenvalue weighted by Crippen LogP contribution is -2.37. The van der Waals surface area contributed by atoms with Crippen LogP contribution in [0.2, 0.25) is 0 Å². The van der Waals surface area contributed by atoms with Crippen molar-refractivity contribution in [3.8, 4) is 34.4 Å². The summed E-state index contributed by atoms with van der Waals surface area (Å²) in [6.07, 6.45) is 0.910. The fourth-order valence-electron chi connectivity index (χ4n) is 4.18. The Morgan fingerprint density at radius 2 is 1.76 bits per heavy atom. The van der Waals surface area contributed by atoms with Crippen molar-refractivity contribution in [3.05, 3.63) is 65.1 Å². The van der Waals surface area contributed by atoms with Crippen LogP contribution in [0.4, 0.5) is 5.82 Å². The maximum Gasteiger partial charge on any atom is 0.162 e. The van der Waals surface area contributed by atoms with Crippen molar-refractivity contribution in [3.63, 3.8) is 0 Å². The van der Waals surface area contributed by atoms with Crippen LogP contribution < -0.4 is 19.9 Å². The maximum atomic E-state index is 6.36. The Bertz CT molecular complexity index is 1360. The number of nitrogens with zero attached hydrogens (tertiary/aromatic N) is 3. The van der Waals surface area contributed by atoms with Crippen LogP contribution in [0.1, 0.15) is 6.42 Å². The van der Waals surface area contributed by atoms with E-state index in [2.05, 4.69) is 25.8 Å². The molecule has 2 heterocycles. The highest BCUT2D eigenvalue weighted by molar-refractivity contribution is 9.10. The van der Waals surface area contributed by atoms with Gasteiger partial charge in [-0.25, -0.2) is 9.97 Å². The predicted octanol–water partition coefficient (Wildman–Crippen LogP) is 5.54. The third kappa shape index (κ3) is 6.12. The molecule has 0 amide bonds. The molecule has 0 aliphatic carbocycles. The molecular weight excluding hydrogens is 536 g/mol. The number of methoxy groups -OCH3 is 1. The molecule has 5 rings (SSSR count). The highest BCUT2D eigenvalue weighted by Crippen LogP contribution is 2.35. The fraction of sp³-hybridized carbons (Fsp3) is 0.286. The number of benzene rings is 3. The van der Waals surface area contributed by atoms with Gasteiger partial charge in [0.25, 0.3) is 0 Å². The van der Waals surface area contributed by atoms with Gasteiger partial charge in [-0.2, -0.15) is 0 Å². The predicted molar refractivity (Wildman–Crippen MR) is 148 cm³/mol. The molecule has 2 N–H and O–H groups in total. The minimum atomic E-state index is 0.384. The van der Waals surface area contributed by atoms with Crippen molar-refractivity contribution in [2.75, 3.05) is 52.3 Å². The van der Waals surface area contributed by atoms with Crippen molar-refractivity contribution in [2.45, 2.75) is 6.42 Å². The summed E-state index contributed by atoms with van der Waals surface area (Å²) in [4.78, 5) is 11.7. The lowest BCUT2D eigenvalue weighted by molar-refractivity contribution is 0.0357. The van der Waals surface area contributed by atoms with Crippen molar-refractivity contribution in [1.82, 2.24) is 14.9 Å². The third-order valence-electron chi connectivity index (χ3n) is 6.17. The van der Waals surface area contributed by atoms with Gasteiger partial charge >= 0.3 is 0 Å². The zero-order chi connectivity index (χ0) is 25.6. The van der Waals surface area contributed by atoms with E-state index in [1.165, 1.54) is 0 Å². The second-order valence-corrected chi connectivity index (χ2v) is 9.52. The van der Waals surface area contributed by atoms with Gasteiger partial charge in [0.1, 0.15) is 17.3 Å². The molecule has 1 fully saturated rings. The van der Waals surface area contributed by atoms with E-state index in [1.54, 1.807) is 7.11 Å². The van der Waals surface area contributed by atoms with E-state index in [0.717, 1.165) is 60.4 Å². The SMILES string of the molecule is COc1cc2nc(-c3ccc(Oc4ccccc4Br)cc3)nc(N)c2cc1OCCCN1CCOCC1. The number of nitrogens with two attached hydrogens (primary N) is 1. The first-order valence-corrected chi connectivity index (χ1v) is 13.0. The summed E-state index contributed by atoms with van der Waals surface area (Å²) < 4.78 is 23.9. The highest BCUT2D eigenvalue weighted by atomic mass is 79.9. The molecule has 4 aromatic rings. The maximum absolute atomic E-state index is 6.36. The van der Waals surface area contributed by atoms with Crippen LogP contribution in [-0.2, 0) is 4.74 Å². The second-order valence-electron chi connectivity index (χ2n) is 8.67. The van der Waals surface area contributed by atoms with Gasteiger partial charge in [-0.1, -0.05) is 12.1 Å². The average molecular weight is 565 g/mol. The molecule has 192 valence electrons. The molecule has 1 saturated heterocycles. The lowest BCUT2D eigenvalue weighted by Gasteiger charge is -2.26. The Balaban J connectivity index is 1.31. The van der Waals surface area contributed by atoms with Gasteiger partial charge in [-0.15, -0.1) is 0 Å². The van der Waals surface area contributed by atoms with Gasteiger partial charge in [-0.05, 0) is 64.8 Å². The smallest absolute Gasteiger partial charge is 0.162 e. The molecule has 0 bridgehead atoms. The molecule has 1 aromatic heterocycles. The minimum Gasteiger partial charge on any atom is -0.493 e. The molecule has 0 radical (unpaired) electrons. The van der Waals surface area contributed by atoms with Gasteiger partial charge in [0.05, 0.1) is 36.9 Å². The van der Waals surface area contributed by atoms with Gasteiger partial charge < -0.3 is 24.7 Å². The Kier molecular flexibility index (Phi) is 8.03. The van der Waals surface area contributed by atoms with E-state index in [9.17, 15) is 0 Å². The van der Waals surface area contributed by atoms with Crippen LogP contribution in [-0.4, -0.2) is 61.4 Å². The fourth-order valence-corrected chi connectivity index (χ4v) is 4.55. The highest BCUT2D eigenvalue weighted by Gasteiger charge is 2.15. The quantitative estimate of drug-likeness (QED) is 0.265. The van der Waals surface area contributed by atoms with Gasteiger partial charge in [-0.3, -0.25) is 4.90 Å². The normalized spacial score (nSPS) is 14.0. The standard InChI is InChI=1S/C28H29BrN4O4/c1-34-25-18-23-21(17-26(25)36-14-4-11-33-12-15-35-16-13-33)27(30)32-28(31-23)19-7-9-20(10-8-19)37-24-6-3-2-5-22(24)29/h2-3,5-10,17-18H,4,11-16H2,1H3,(H2,30,31,32). The number of morpholine rings is 1. The van der Waals surface area contributed by atoms with Crippen LogP contribution in [0.25, 0.3) is 22.3 Å². The molecule has 8 nitrogen and oxygen atoms in total. The number of ether oxygens (including phenoxy) is 4. The Labute approximate surface area is 224 Å². The first-order valence-electron chi connectivity index (χ1n) is 12.2. The molecule has 37 heavy (non-hydrogen) atoms. The molecule has 0 spiro atoms. The number of hydrogen-bond acceptors (Lipinski definition) is 8. The Morgan fingerprint density at radius 3 is 2.51 bits per heavy atom. The molecule has 1 aliphatic rings. The van der Waals surface area contributed by atoms with E-state index < -0.39 is 0 Å². The Morgan fingerprint density at radius 1 is 0.973 bits per heavy atom. The first-order chi connectivity index (χ1) is 18.1. The summed E-state index contributed by atoms with van der Waals surface area (Å²) in [5.41, 5.74) is 7.88. The minimum absolute atomic E-state index is 0.384. The summed E-state index contributed by atoms with van der Waals surface area (Å²) in [6, 6.07) is 19.0.